The minimum absolute atomic E-state index is 0.0182. The summed E-state index contributed by atoms with van der Waals surface area (Å²) in [6.07, 6.45) is 6.66. The summed E-state index contributed by atoms with van der Waals surface area (Å²) in [6.45, 7) is 1.02. The highest BCUT2D eigenvalue weighted by molar-refractivity contribution is 7.89. The Labute approximate surface area is 218 Å². The molecule has 1 aliphatic heterocycles. The lowest BCUT2D eigenvalue weighted by atomic mass is 10.0. The number of H-pyrrole nitrogens is 1. The van der Waals surface area contributed by atoms with Crippen LogP contribution in [0.5, 0.6) is 0 Å². The summed E-state index contributed by atoms with van der Waals surface area (Å²) in [6, 6.07) is 13.9. The number of carboxylic acid groups (broad SMARTS) is 1. The van der Waals surface area contributed by atoms with Crippen LogP contribution in [-0.2, 0) is 14.8 Å². The average molecular weight is 530 g/mol. The first-order valence-corrected chi connectivity index (χ1v) is 13.4. The molecule has 2 aromatic carbocycles. The molecule has 3 aromatic heterocycles. The molecule has 5 aromatic rings. The Bertz CT molecular complexity index is 1790. The maximum atomic E-state index is 13.8. The van der Waals surface area contributed by atoms with E-state index in [9.17, 15) is 18.3 Å². The quantitative estimate of drug-likeness (QED) is 0.297. The number of aromatic carboxylic acids is 1. The average Bonchev–Trinajstić information content (AvgIpc) is 3.43. The van der Waals surface area contributed by atoms with Crippen LogP contribution in [0.3, 0.4) is 0 Å². The van der Waals surface area contributed by atoms with Crippen molar-refractivity contribution >= 4 is 49.2 Å². The molecule has 3 N–H and O–H groups in total. The van der Waals surface area contributed by atoms with Gasteiger partial charge in [-0.15, -0.1) is 0 Å². The van der Waals surface area contributed by atoms with Gasteiger partial charge in [0, 0.05) is 48.0 Å². The number of hydrogen-bond acceptors (Lipinski definition) is 7. The summed E-state index contributed by atoms with van der Waals surface area (Å²) in [5.74, 6) is -1.13. The number of morpholine rings is 1. The molecule has 11 heteroatoms. The second kappa shape index (κ2) is 9.53. The van der Waals surface area contributed by atoms with Gasteiger partial charge in [-0.3, -0.25) is 9.97 Å². The molecule has 0 radical (unpaired) electrons. The number of aromatic nitrogens is 3. The van der Waals surface area contributed by atoms with E-state index in [2.05, 4.69) is 20.3 Å². The van der Waals surface area contributed by atoms with Crippen molar-refractivity contribution in [2.45, 2.75) is 4.90 Å². The minimum atomic E-state index is -3.98. The molecular weight excluding hydrogens is 506 g/mol. The zero-order chi connectivity index (χ0) is 26.3. The van der Waals surface area contributed by atoms with Crippen molar-refractivity contribution < 1.29 is 23.1 Å². The number of ether oxygens (including phenoxy) is 1. The zero-order valence-corrected chi connectivity index (χ0v) is 20.9. The van der Waals surface area contributed by atoms with Crippen molar-refractivity contribution in [3.8, 4) is 11.1 Å². The third-order valence-electron chi connectivity index (χ3n) is 6.63. The number of nitrogens with one attached hydrogen (secondary N) is 2. The van der Waals surface area contributed by atoms with Crippen molar-refractivity contribution in [2.24, 2.45) is 0 Å². The molecule has 1 fully saturated rings. The monoisotopic (exact) mass is 529 g/mol. The molecule has 0 atom stereocenters. The summed E-state index contributed by atoms with van der Waals surface area (Å²) < 4.78 is 34.3. The van der Waals surface area contributed by atoms with Gasteiger partial charge in [0.05, 0.1) is 47.4 Å². The number of carboxylic acids is 1. The zero-order valence-electron chi connectivity index (χ0n) is 20.1. The standard InChI is InChI=1S/C27H23N5O5S/c33-27(34)19-3-1-2-4-23(19)31-26-20-13-17(21-14-28-15-24-18(21)7-8-29-24)5-6-22(20)30-16-25(26)38(35,36)32-9-11-37-12-10-32/h1-8,13-16,29H,9-12H2,(H,30,31)(H,33,34). The van der Waals surface area contributed by atoms with Gasteiger partial charge < -0.3 is 20.1 Å². The Morgan fingerprint density at radius 3 is 2.66 bits per heavy atom. The predicted octanol–water partition coefficient (Wildman–Crippen LogP) is 4.24. The third kappa shape index (κ3) is 4.16. The highest BCUT2D eigenvalue weighted by Gasteiger charge is 2.30. The van der Waals surface area contributed by atoms with E-state index in [0.717, 1.165) is 22.0 Å². The van der Waals surface area contributed by atoms with Crippen molar-refractivity contribution in [3.63, 3.8) is 0 Å². The minimum Gasteiger partial charge on any atom is -0.478 e. The molecule has 0 spiro atoms. The molecule has 4 heterocycles. The van der Waals surface area contributed by atoms with Crippen LogP contribution in [0.15, 0.2) is 78.2 Å². The molecule has 0 saturated carbocycles. The first-order chi connectivity index (χ1) is 18.4. The molecule has 6 rings (SSSR count). The van der Waals surface area contributed by atoms with Crippen LogP contribution in [0.25, 0.3) is 32.9 Å². The van der Waals surface area contributed by atoms with Crippen LogP contribution >= 0.6 is 0 Å². The second-order valence-electron chi connectivity index (χ2n) is 8.85. The number of para-hydroxylation sites is 1. The number of fused-ring (bicyclic) bond motifs is 2. The summed E-state index contributed by atoms with van der Waals surface area (Å²) in [5.41, 5.74) is 3.65. The van der Waals surface area contributed by atoms with Crippen LogP contribution in [0.2, 0.25) is 0 Å². The van der Waals surface area contributed by atoms with E-state index in [1.54, 1.807) is 30.6 Å². The second-order valence-corrected chi connectivity index (χ2v) is 10.8. The number of carbonyl (C=O) groups is 1. The maximum absolute atomic E-state index is 13.8. The molecule has 0 unspecified atom stereocenters. The van der Waals surface area contributed by atoms with Gasteiger partial charge in [0.1, 0.15) is 4.90 Å². The lowest BCUT2D eigenvalue weighted by Gasteiger charge is -2.27. The molecule has 0 bridgehead atoms. The third-order valence-corrected chi connectivity index (χ3v) is 8.54. The fraction of sp³-hybridized carbons (Fsp3) is 0.148. The maximum Gasteiger partial charge on any atom is 0.337 e. The highest BCUT2D eigenvalue weighted by atomic mass is 32.2. The Kier molecular flexibility index (Phi) is 6.03. The molecule has 38 heavy (non-hydrogen) atoms. The molecule has 1 saturated heterocycles. The number of nitrogens with zero attached hydrogens (tertiary/aromatic N) is 3. The molecule has 0 aliphatic carbocycles. The van der Waals surface area contributed by atoms with E-state index in [0.29, 0.717) is 24.1 Å². The van der Waals surface area contributed by atoms with Gasteiger partial charge in [0.25, 0.3) is 0 Å². The van der Waals surface area contributed by atoms with Gasteiger partial charge in [-0.1, -0.05) is 18.2 Å². The molecule has 1 aliphatic rings. The van der Waals surface area contributed by atoms with Crippen molar-refractivity contribution in [1.82, 2.24) is 19.3 Å². The first kappa shape index (κ1) is 24.0. The Balaban J connectivity index is 1.59. The van der Waals surface area contributed by atoms with E-state index in [1.807, 2.05) is 30.5 Å². The number of hydrogen-bond donors (Lipinski definition) is 3. The van der Waals surface area contributed by atoms with Crippen molar-refractivity contribution in [3.05, 3.63) is 78.9 Å². The van der Waals surface area contributed by atoms with Crippen LogP contribution < -0.4 is 5.32 Å². The Hall–Kier alpha value is -4.32. The molecule has 10 nitrogen and oxygen atoms in total. The molecule has 192 valence electrons. The van der Waals surface area contributed by atoms with E-state index in [1.165, 1.54) is 16.6 Å². The Morgan fingerprint density at radius 1 is 1.03 bits per heavy atom. The van der Waals surface area contributed by atoms with Gasteiger partial charge in [-0.25, -0.2) is 13.2 Å². The fourth-order valence-electron chi connectivity index (χ4n) is 4.72. The SMILES string of the molecule is O=C(O)c1ccccc1Nc1c(S(=O)(=O)N2CCOCC2)cnc2ccc(-c3cncc4[nH]ccc34)cc12. The fourth-order valence-corrected chi connectivity index (χ4v) is 6.23. The van der Waals surface area contributed by atoms with Crippen LogP contribution in [-0.4, -0.2) is 65.1 Å². The lowest BCUT2D eigenvalue weighted by Crippen LogP contribution is -2.40. The Morgan fingerprint density at radius 2 is 1.84 bits per heavy atom. The predicted molar refractivity (Wildman–Crippen MR) is 143 cm³/mol. The highest BCUT2D eigenvalue weighted by Crippen LogP contribution is 2.37. The van der Waals surface area contributed by atoms with Gasteiger partial charge in [0.2, 0.25) is 10.0 Å². The number of rotatable bonds is 6. The van der Waals surface area contributed by atoms with Crippen molar-refractivity contribution in [2.75, 3.05) is 31.6 Å². The number of aromatic amines is 1. The summed E-state index contributed by atoms with van der Waals surface area (Å²) in [5, 5.41) is 14.4. The van der Waals surface area contributed by atoms with Crippen molar-refractivity contribution in [1.29, 1.82) is 0 Å². The van der Waals surface area contributed by atoms with Crippen LogP contribution in [0, 0.1) is 0 Å². The number of sulfonamides is 1. The lowest BCUT2D eigenvalue weighted by molar-refractivity contribution is 0.0698. The largest absolute Gasteiger partial charge is 0.478 e. The smallest absolute Gasteiger partial charge is 0.337 e. The molecular formula is C27H23N5O5S. The summed E-state index contributed by atoms with van der Waals surface area (Å²) in [4.78, 5) is 23.9. The topological polar surface area (TPSA) is 138 Å². The number of pyridine rings is 2. The van der Waals surface area contributed by atoms with Gasteiger partial charge in [0.15, 0.2) is 0 Å². The van der Waals surface area contributed by atoms with Crippen LogP contribution in [0.4, 0.5) is 11.4 Å². The summed E-state index contributed by atoms with van der Waals surface area (Å²) in [7, 11) is -3.98. The number of benzene rings is 2. The number of anilines is 2. The molecule has 0 amide bonds. The normalized spacial score (nSPS) is 14.6. The van der Waals surface area contributed by atoms with Gasteiger partial charge >= 0.3 is 5.97 Å². The van der Waals surface area contributed by atoms with E-state index in [-0.39, 0.29) is 34.9 Å². The van der Waals surface area contributed by atoms with E-state index < -0.39 is 16.0 Å². The van der Waals surface area contributed by atoms with E-state index in [4.69, 9.17) is 4.74 Å². The van der Waals surface area contributed by atoms with Gasteiger partial charge in [-0.2, -0.15) is 4.31 Å². The summed E-state index contributed by atoms with van der Waals surface area (Å²) >= 11 is 0. The van der Waals surface area contributed by atoms with Crippen LogP contribution in [0.1, 0.15) is 10.4 Å². The van der Waals surface area contributed by atoms with E-state index >= 15 is 0 Å². The van der Waals surface area contributed by atoms with Gasteiger partial charge in [-0.05, 0) is 35.9 Å². The first-order valence-electron chi connectivity index (χ1n) is 11.9.